The quantitative estimate of drug-likeness (QED) is 0.105. The van der Waals surface area contributed by atoms with Crippen molar-refractivity contribution in [2.45, 2.75) is 99.3 Å². The summed E-state index contributed by atoms with van der Waals surface area (Å²) in [5.41, 5.74) is 10.3. The van der Waals surface area contributed by atoms with Gasteiger partial charge in [-0.1, -0.05) is 116 Å². The average Bonchev–Trinajstić information content (AvgIpc) is 3.07. The lowest BCUT2D eigenvalue weighted by atomic mass is 9.80. The summed E-state index contributed by atoms with van der Waals surface area (Å²) in [4.78, 5) is 4.38. The fourth-order valence-corrected chi connectivity index (χ4v) is 9.04. The largest absolute Gasteiger partial charge is 0.467 e. The highest BCUT2D eigenvalue weighted by atomic mass is 31.1. The van der Waals surface area contributed by atoms with Crippen molar-refractivity contribution in [3.8, 4) is 11.5 Å². The predicted molar refractivity (Wildman–Crippen MR) is 245 cm³/mol. The summed E-state index contributed by atoms with van der Waals surface area (Å²) in [7, 11) is 12.8. The molecule has 0 bridgehead atoms. The molecular formula is C47H70N2O4P2. The third kappa shape index (κ3) is 12.9. The molecule has 6 nitrogen and oxygen atoms in total. The molecule has 0 aliphatic rings. The summed E-state index contributed by atoms with van der Waals surface area (Å²) < 4.78 is 22.6. The Morgan fingerprint density at radius 2 is 0.891 bits per heavy atom. The second-order valence-electron chi connectivity index (χ2n) is 18.0. The predicted octanol–water partition coefficient (Wildman–Crippen LogP) is 9.55. The molecule has 0 N–H and O–H groups in total. The number of rotatable bonds is 12. The van der Waals surface area contributed by atoms with Crippen molar-refractivity contribution < 1.29 is 18.9 Å². The number of hydrogen-bond acceptors (Lipinski definition) is 6. The highest BCUT2D eigenvalue weighted by molar-refractivity contribution is 7.56. The molecule has 0 radical (unpaired) electrons. The topological polar surface area (TPSA) is 43.4 Å². The molecule has 0 saturated heterocycles. The molecule has 0 amide bonds. The van der Waals surface area contributed by atoms with Gasteiger partial charge in [-0.15, -0.1) is 0 Å². The van der Waals surface area contributed by atoms with Crippen molar-refractivity contribution in [1.29, 1.82) is 0 Å². The van der Waals surface area contributed by atoms with E-state index in [0.717, 1.165) is 17.1 Å². The van der Waals surface area contributed by atoms with Crippen LogP contribution in [0.25, 0.3) is 0 Å². The highest BCUT2D eigenvalue weighted by Crippen LogP contribution is 2.38. The van der Waals surface area contributed by atoms with E-state index in [9.17, 15) is 0 Å². The highest BCUT2D eigenvalue weighted by Gasteiger charge is 2.27. The van der Waals surface area contributed by atoms with Crippen LogP contribution in [0, 0.1) is 20.8 Å². The van der Waals surface area contributed by atoms with Gasteiger partial charge in [-0.2, -0.15) is 0 Å². The van der Waals surface area contributed by atoms with Gasteiger partial charge in [0.05, 0.1) is 0 Å². The zero-order valence-corrected chi connectivity index (χ0v) is 39.2. The third-order valence-electron chi connectivity index (χ3n) is 9.35. The molecule has 8 heteroatoms. The normalized spacial score (nSPS) is 12.3. The lowest BCUT2D eigenvalue weighted by Gasteiger charge is -2.29. The summed E-state index contributed by atoms with van der Waals surface area (Å²) in [5.74, 6) is 1.92. The van der Waals surface area contributed by atoms with Gasteiger partial charge in [-0.3, -0.25) is 0 Å². The number of benzene rings is 4. The van der Waals surface area contributed by atoms with Gasteiger partial charge in [-0.25, -0.2) is 0 Å². The van der Waals surface area contributed by atoms with Crippen LogP contribution in [0.3, 0.4) is 0 Å². The van der Waals surface area contributed by atoms with Gasteiger partial charge in [0.15, 0.2) is 13.6 Å². The maximum absolute atomic E-state index is 6.18. The van der Waals surface area contributed by atoms with Gasteiger partial charge >= 0.3 is 0 Å². The SMILES string of the molecule is COCOc1c(C)cc(C(C)(C)C)cc1Pc1ccc(C)cc1N(C)C.COCOc1c(Pc2ccc(C)cc2N(C)C)cc(C(C)(C)C)cc1C(C)(C)C. The summed E-state index contributed by atoms with van der Waals surface area (Å²) in [5, 5.41) is 5.13. The fourth-order valence-electron chi connectivity index (χ4n) is 6.12. The van der Waals surface area contributed by atoms with E-state index < -0.39 is 0 Å². The number of aryl methyl sites for hydroxylation is 3. The van der Waals surface area contributed by atoms with Gasteiger partial charge in [0, 0.05) is 80.6 Å². The molecule has 4 aromatic carbocycles. The van der Waals surface area contributed by atoms with Crippen molar-refractivity contribution in [2.24, 2.45) is 0 Å². The molecule has 0 fully saturated rings. The lowest BCUT2D eigenvalue weighted by molar-refractivity contribution is 0.0505. The number of ether oxygens (including phenoxy) is 4. The Morgan fingerprint density at radius 3 is 1.27 bits per heavy atom. The Balaban J connectivity index is 0.000000297. The molecule has 2 unspecified atom stereocenters. The van der Waals surface area contributed by atoms with Crippen molar-refractivity contribution >= 4 is 49.8 Å². The van der Waals surface area contributed by atoms with E-state index in [1.807, 2.05) is 0 Å². The van der Waals surface area contributed by atoms with Gasteiger partial charge in [0.1, 0.15) is 11.5 Å². The molecule has 0 aliphatic heterocycles. The van der Waals surface area contributed by atoms with Crippen LogP contribution in [0.1, 0.15) is 95.7 Å². The molecule has 302 valence electrons. The van der Waals surface area contributed by atoms with Crippen molar-refractivity contribution in [3.05, 3.63) is 94.0 Å². The maximum Gasteiger partial charge on any atom is 0.188 e. The lowest BCUT2D eigenvalue weighted by Crippen LogP contribution is -2.24. The number of hydrogen-bond donors (Lipinski definition) is 0. The number of anilines is 2. The fraction of sp³-hybridized carbons (Fsp3) is 0.489. The minimum atomic E-state index is -0.0266. The van der Waals surface area contributed by atoms with Crippen LogP contribution in [-0.2, 0) is 25.7 Å². The van der Waals surface area contributed by atoms with E-state index in [4.69, 9.17) is 18.9 Å². The van der Waals surface area contributed by atoms with Crippen LogP contribution in [0.15, 0.2) is 60.7 Å². The van der Waals surface area contributed by atoms with Gasteiger partial charge in [-0.05, 0) is 89.1 Å². The summed E-state index contributed by atoms with van der Waals surface area (Å²) in [6.45, 7) is 27.2. The zero-order chi connectivity index (χ0) is 41.5. The minimum Gasteiger partial charge on any atom is -0.467 e. The average molecular weight is 789 g/mol. The smallest absolute Gasteiger partial charge is 0.188 e. The molecule has 4 aromatic rings. The first-order valence-corrected chi connectivity index (χ1v) is 21.2. The van der Waals surface area contributed by atoms with Crippen LogP contribution >= 0.6 is 17.2 Å². The zero-order valence-electron chi connectivity index (χ0n) is 37.2. The van der Waals surface area contributed by atoms with E-state index in [1.54, 1.807) is 14.2 Å². The Kier molecular flexibility index (Phi) is 16.3. The van der Waals surface area contributed by atoms with Crippen LogP contribution < -0.4 is 40.5 Å². The standard InChI is InChI=1S/C25H38NO2P.C22H32NO2P/c1-17-11-12-21(20(13-17)26(8)9)29-22-15-18(24(2,3)4)14-19(25(5,6)7)23(22)28-16-27-10;1-15-9-10-19(18(11-15)23(6)7)26-20-13-17(22(3,4)5)12-16(2)21(20)25-14-24-8/h11-15,29H,16H2,1-10H3;9-13,26H,14H2,1-8H3. The minimum absolute atomic E-state index is 0.0266. The van der Waals surface area contributed by atoms with Gasteiger partial charge < -0.3 is 28.7 Å². The third-order valence-corrected chi connectivity index (χ3v) is 12.0. The summed E-state index contributed by atoms with van der Waals surface area (Å²) in [6, 6.07) is 22.6. The second-order valence-corrected chi connectivity index (χ2v) is 20.7. The Hall–Kier alpha value is -3.14. The summed E-state index contributed by atoms with van der Waals surface area (Å²) in [6.07, 6.45) is 0. The monoisotopic (exact) mass is 788 g/mol. The van der Waals surface area contributed by atoms with Gasteiger partial charge in [0.25, 0.3) is 0 Å². The Morgan fingerprint density at radius 1 is 0.491 bits per heavy atom. The van der Waals surface area contributed by atoms with Crippen LogP contribution in [0.4, 0.5) is 11.4 Å². The first-order chi connectivity index (χ1) is 25.5. The molecular weight excluding hydrogens is 718 g/mol. The second kappa shape index (κ2) is 19.3. The molecule has 0 heterocycles. The Labute approximate surface area is 338 Å². The van der Waals surface area contributed by atoms with Crippen molar-refractivity contribution in [3.63, 3.8) is 0 Å². The van der Waals surface area contributed by atoms with E-state index >= 15 is 0 Å². The van der Waals surface area contributed by atoms with Crippen LogP contribution in [-0.4, -0.2) is 56.0 Å². The molecule has 0 spiro atoms. The molecule has 55 heavy (non-hydrogen) atoms. The molecule has 4 rings (SSSR count). The number of nitrogens with zero attached hydrogens (tertiary/aromatic N) is 2. The van der Waals surface area contributed by atoms with Gasteiger partial charge in [0.2, 0.25) is 0 Å². The van der Waals surface area contributed by atoms with Crippen LogP contribution in [0.5, 0.6) is 11.5 Å². The van der Waals surface area contributed by atoms with E-state index in [2.05, 4.69) is 182 Å². The molecule has 0 aromatic heterocycles. The molecule has 2 atom stereocenters. The van der Waals surface area contributed by atoms with E-state index in [-0.39, 0.29) is 29.8 Å². The van der Waals surface area contributed by atoms with Crippen LogP contribution in [0.2, 0.25) is 0 Å². The van der Waals surface area contributed by atoms with Crippen molar-refractivity contribution in [1.82, 2.24) is 0 Å². The molecule has 0 saturated carbocycles. The molecule has 0 aliphatic carbocycles. The maximum atomic E-state index is 6.18. The first-order valence-electron chi connectivity index (χ1n) is 19.2. The Bertz CT molecular complexity index is 1880. The number of methoxy groups -OCH3 is 2. The van der Waals surface area contributed by atoms with Crippen molar-refractivity contribution in [2.75, 3.05) is 65.8 Å². The first kappa shape index (κ1) is 46.2. The van der Waals surface area contributed by atoms with E-state index in [1.165, 1.54) is 60.4 Å². The van der Waals surface area contributed by atoms with E-state index in [0.29, 0.717) is 17.2 Å². The summed E-state index contributed by atoms with van der Waals surface area (Å²) >= 11 is 0.